The average Bonchev–Trinajstić information content (AvgIpc) is 2.81. The fourth-order valence-electron chi connectivity index (χ4n) is 2.15. The first-order chi connectivity index (χ1) is 9.63. The lowest BCUT2D eigenvalue weighted by atomic mass is 10.1. The van der Waals surface area contributed by atoms with Crippen LogP contribution in [0.1, 0.15) is 5.56 Å². The quantitative estimate of drug-likeness (QED) is 0.771. The molecule has 0 atom stereocenters. The van der Waals surface area contributed by atoms with Crippen molar-refractivity contribution in [2.75, 3.05) is 5.73 Å². The van der Waals surface area contributed by atoms with Crippen LogP contribution >= 0.6 is 0 Å². The molecule has 0 unspecified atom stereocenters. The van der Waals surface area contributed by atoms with Crippen LogP contribution in [0.4, 0.5) is 10.2 Å². The predicted octanol–water partition coefficient (Wildman–Crippen LogP) is 3.57. The lowest BCUT2D eigenvalue weighted by Crippen LogP contribution is -2.01. The topological polar surface area (TPSA) is 43.8 Å². The largest absolute Gasteiger partial charge is 0.384 e. The molecule has 0 bridgehead atoms. The molecule has 3 aromatic rings. The van der Waals surface area contributed by atoms with Crippen LogP contribution in [0.5, 0.6) is 0 Å². The van der Waals surface area contributed by atoms with Crippen LogP contribution in [0.25, 0.3) is 16.9 Å². The van der Waals surface area contributed by atoms with Crippen molar-refractivity contribution in [3.05, 3.63) is 66.0 Å². The summed E-state index contributed by atoms with van der Waals surface area (Å²) in [6.07, 6.45) is 0. The molecule has 0 aliphatic rings. The highest BCUT2D eigenvalue weighted by molar-refractivity contribution is 5.63. The minimum absolute atomic E-state index is 0.286. The summed E-state index contributed by atoms with van der Waals surface area (Å²) in [6.45, 7) is 2.01. The van der Waals surface area contributed by atoms with Crippen molar-refractivity contribution in [3.8, 4) is 16.9 Å². The van der Waals surface area contributed by atoms with Gasteiger partial charge in [0, 0.05) is 11.6 Å². The predicted molar refractivity (Wildman–Crippen MR) is 78.1 cm³/mol. The Balaban J connectivity index is 2.08. The number of aryl methyl sites for hydroxylation is 1. The molecular weight excluding hydrogens is 253 g/mol. The normalized spacial score (nSPS) is 10.7. The molecule has 0 fully saturated rings. The van der Waals surface area contributed by atoms with Gasteiger partial charge in [0.25, 0.3) is 0 Å². The molecule has 1 aromatic heterocycles. The Morgan fingerprint density at radius 2 is 1.85 bits per heavy atom. The maximum atomic E-state index is 13.3. The average molecular weight is 267 g/mol. The second-order valence-corrected chi connectivity index (χ2v) is 4.72. The van der Waals surface area contributed by atoms with Crippen molar-refractivity contribution in [1.82, 2.24) is 9.78 Å². The number of halogens is 1. The minimum Gasteiger partial charge on any atom is -0.384 e. The first-order valence-corrected chi connectivity index (χ1v) is 6.32. The third-order valence-corrected chi connectivity index (χ3v) is 3.10. The number of nitrogen functional groups attached to an aromatic ring is 1. The van der Waals surface area contributed by atoms with Gasteiger partial charge in [-0.05, 0) is 36.8 Å². The highest BCUT2D eigenvalue weighted by Crippen LogP contribution is 2.23. The number of nitrogens with zero attached hydrogens (tertiary/aromatic N) is 2. The summed E-state index contributed by atoms with van der Waals surface area (Å²) in [5, 5.41) is 4.46. The van der Waals surface area contributed by atoms with Gasteiger partial charge in [-0.2, -0.15) is 5.10 Å². The molecule has 1 heterocycles. The molecule has 0 saturated heterocycles. The van der Waals surface area contributed by atoms with Crippen LogP contribution in [0.2, 0.25) is 0 Å². The monoisotopic (exact) mass is 267 g/mol. The van der Waals surface area contributed by atoms with Crippen LogP contribution in [0, 0.1) is 12.7 Å². The van der Waals surface area contributed by atoms with Gasteiger partial charge >= 0.3 is 0 Å². The van der Waals surface area contributed by atoms with Crippen LogP contribution in [0.3, 0.4) is 0 Å². The highest BCUT2D eigenvalue weighted by Gasteiger charge is 2.09. The van der Waals surface area contributed by atoms with Crippen LogP contribution in [-0.2, 0) is 0 Å². The van der Waals surface area contributed by atoms with Crippen molar-refractivity contribution >= 4 is 5.82 Å². The Bertz CT molecular complexity index is 762. The van der Waals surface area contributed by atoms with E-state index in [1.54, 1.807) is 16.8 Å². The van der Waals surface area contributed by atoms with Crippen molar-refractivity contribution in [3.63, 3.8) is 0 Å². The standard InChI is InChI=1S/C16H14FN3/c1-11-4-2-7-14(8-11)20-16(18)10-15(19-20)12-5-3-6-13(17)9-12/h2-10H,18H2,1H3. The van der Waals surface area contributed by atoms with Crippen molar-refractivity contribution < 1.29 is 4.39 Å². The summed E-state index contributed by atoms with van der Waals surface area (Å²) in [5.74, 6) is 0.237. The summed E-state index contributed by atoms with van der Waals surface area (Å²) in [4.78, 5) is 0. The second-order valence-electron chi connectivity index (χ2n) is 4.72. The molecule has 3 rings (SSSR count). The Labute approximate surface area is 116 Å². The third kappa shape index (κ3) is 2.28. The van der Waals surface area contributed by atoms with Gasteiger partial charge in [0.2, 0.25) is 0 Å². The van der Waals surface area contributed by atoms with E-state index in [1.165, 1.54) is 12.1 Å². The first kappa shape index (κ1) is 12.4. The molecule has 2 N–H and O–H groups in total. The minimum atomic E-state index is -0.286. The Morgan fingerprint density at radius 1 is 1.05 bits per heavy atom. The Kier molecular flexibility index (Phi) is 2.99. The fraction of sp³-hybridized carbons (Fsp3) is 0.0625. The number of hydrogen-bond acceptors (Lipinski definition) is 2. The molecule has 0 amide bonds. The number of rotatable bonds is 2. The summed E-state index contributed by atoms with van der Waals surface area (Å²) in [7, 11) is 0. The molecule has 0 aliphatic carbocycles. The van der Waals surface area contributed by atoms with Gasteiger partial charge in [0.1, 0.15) is 11.6 Å². The molecule has 0 radical (unpaired) electrons. The van der Waals surface area contributed by atoms with Gasteiger partial charge in [-0.25, -0.2) is 9.07 Å². The molecule has 20 heavy (non-hydrogen) atoms. The number of aromatic nitrogens is 2. The van der Waals surface area contributed by atoms with E-state index in [1.807, 2.05) is 37.3 Å². The molecular formula is C16H14FN3. The zero-order valence-electron chi connectivity index (χ0n) is 11.0. The van der Waals surface area contributed by atoms with E-state index in [2.05, 4.69) is 5.10 Å². The van der Waals surface area contributed by atoms with Gasteiger partial charge in [0.05, 0.1) is 11.4 Å². The molecule has 2 aromatic carbocycles. The maximum Gasteiger partial charge on any atom is 0.127 e. The molecule has 100 valence electrons. The lowest BCUT2D eigenvalue weighted by Gasteiger charge is -2.04. The zero-order chi connectivity index (χ0) is 14.1. The van der Waals surface area contributed by atoms with Gasteiger partial charge in [0.15, 0.2) is 0 Å². The van der Waals surface area contributed by atoms with Crippen molar-refractivity contribution in [1.29, 1.82) is 0 Å². The summed E-state index contributed by atoms with van der Waals surface area (Å²) < 4.78 is 14.9. The summed E-state index contributed by atoms with van der Waals surface area (Å²) in [5.41, 5.74) is 9.40. The van der Waals surface area contributed by atoms with Crippen LogP contribution in [0.15, 0.2) is 54.6 Å². The van der Waals surface area contributed by atoms with Crippen LogP contribution < -0.4 is 5.73 Å². The number of hydrogen-bond donors (Lipinski definition) is 1. The molecule has 0 spiro atoms. The van der Waals surface area contributed by atoms with Gasteiger partial charge < -0.3 is 5.73 Å². The fourth-order valence-corrected chi connectivity index (χ4v) is 2.15. The van der Waals surface area contributed by atoms with Gasteiger partial charge in [-0.3, -0.25) is 0 Å². The van der Waals surface area contributed by atoms with E-state index in [0.717, 1.165) is 11.3 Å². The first-order valence-electron chi connectivity index (χ1n) is 6.32. The van der Waals surface area contributed by atoms with E-state index < -0.39 is 0 Å². The van der Waals surface area contributed by atoms with E-state index in [9.17, 15) is 4.39 Å². The van der Waals surface area contributed by atoms with E-state index >= 15 is 0 Å². The van der Waals surface area contributed by atoms with E-state index in [-0.39, 0.29) is 5.82 Å². The van der Waals surface area contributed by atoms with E-state index in [4.69, 9.17) is 5.73 Å². The molecule has 4 heteroatoms. The lowest BCUT2D eigenvalue weighted by molar-refractivity contribution is 0.628. The van der Waals surface area contributed by atoms with E-state index in [0.29, 0.717) is 17.1 Å². The number of nitrogens with two attached hydrogens (primary N) is 1. The third-order valence-electron chi connectivity index (χ3n) is 3.10. The Hall–Kier alpha value is -2.62. The van der Waals surface area contributed by atoms with Crippen LogP contribution in [-0.4, -0.2) is 9.78 Å². The zero-order valence-corrected chi connectivity index (χ0v) is 11.0. The number of benzene rings is 2. The molecule has 0 aliphatic heterocycles. The Morgan fingerprint density at radius 3 is 2.60 bits per heavy atom. The maximum absolute atomic E-state index is 13.3. The highest BCUT2D eigenvalue weighted by atomic mass is 19.1. The van der Waals surface area contributed by atoms with Gasteiger partial charge in [-0.1, -0.05) is 24.3 Å². The van der Waals surface area contributed by atoms with Crippen molar-refractivity contribution in [2.24, 2.45) is 0 Å². The molecule has 0 saturated carbocycles. The smallest absolute Gasteiger partial charge is 0.127 e. The molecule has 3 nitrogen and oxygen atoms in total. The summed E-state index contributed by atoms with van der Waals surface area (Å²) >= 11 is 0. The SMILES string of the molecule is Cc1cccc(-n2nc(-c3cccc(F)c3)cc2N)c1. The second kappa shape index (κ2) is 4.81. The summed E-state index contributed by atoms with van der Waals surface area (Å²) in [6, 6.07) is 16.0. The van der Waals surface area contributed by atoms with Crippen molar-refractivity contribution in [2.45, 2.75) is 6.92 Å². The van der Waals surface area contributed by atoms with Gasteiger partial charge in [-0.15, -0.1) is 0 Å². The number of anilines is 1.